The Kier molecular flexibility index (Phi) is 2.06. The van der Waals surface area contributed by atoms with Gasteiger partial charge in [0, 0.05) is 0 Å². The van der Waals surface area contributed by atoms with Gasteiger partial charge < -0.3 is 10.1 Å². The third kappa shape index (κ3) is 1.74. The lowest BCUT2D eigenvalue weighted by atomic mass is 10.1. The number of amides is 1. The van der Waals surface area contributed by atoms with E-state index in [9.17, 15) is 18.0 Å². The Morgan fingerprint density at radius 1 is 1.33 bits per heavy atom. The van der Waals surface area contributed by atoms with Gasteiger partial charge in [-0.15, -0.1) is 0 Å². The molecule has 1 aromatic carbocycles. The van der Waals surface area contributed by atoms with E-state index in [1.807, 2.05) is 0 Å². The zero-order valence-electron chi connectivity index (χ0n) is 7.39. The van der Waals surface area contributed by atoms with Crippen molar-refractivity contribution >= 4 is 11.6 Å². The molecule has 0 saturated carbocycles. The lowest BCUT2D eigenvalue weighted by molar-refractivity contribution is -0.137. The van der Waals surface area contributed by atoms with Crippen LogP contribution in [0.15, 0.2) is 18.2 Å². The van der Waals surface area contributed by atoms with E-state index in [2.05, 4.69) is 5.32 Å². The van der Waals surface area contributed by atoms with Crippen LogP contribution in [0, 0.1) is 0 Å². The molecule has 2 rings (SSSR count). The Hall–Kier alpha value is -1.72. The summed E-state index contributed by atoms with van der Waals surface area (Å²) in [6.07, 6.45) is -4.50. The van der Waals surface area contributed by atoms with Gasteiger partial charge in [0.1, 0.15) is 5.75 Å². The van der Waals surface area contributed by atoms with E-state index in [0.717, 1.165) is 6.07 Å². The Labute approximate surface area is 82.8 Å². The van der Waals surface area contributed by atoms with Crippen molar-refractivity contribution in [2.45, 2.75) is 6.18 Å². The van der Waals surface area contributed by atoms with Crippen molar-refractivity contribution in [3.05, 3.63) is 23.8 Å². The highest BCUT2D eigenvalue weighted by atomic mass is 19.4. The molecule has 0 radical (unpaired) electrons. The van der Waals surface area contributed by atoms with Crippen molar-refractivity contribution in [2.75, 3.05) is 11.9 Å². The molecule has 1 aliphatic rings. The molecule has 1 heterocycles. The van der Waals surface area contributed by atoms with E-state index < -0.39 is 17.6 Å². The van der Waals surface area contributed by atoms with Crippen molar-refractivity contribution in [3.63, 3.8) is 0 Å². The highest BCUT2D eigenvalue weighted by Gasteiger charge is 2.36. The number of hydrogen-bond donors (Lipinski definition) is 1. The molecule has 0 spiro atoms. The zero-order valence-corrected chi connectivity index (χ0v) is 7.39. The summed E-state index contributed by atoms with van der Waals surface area (Å²) in [7, 11) is 0. The maximum Gasteiger partial charge on any atom is 0.418 e. The summed E-state index contributed by atoms with van der Waals surface area (Å²) in [6.45, 7) is -0.256. The number of halogens is 3. The molecular formula is C9H6F3NO2. The summed E-state index contributed by atoms with van der Waals surface area (Å²) in [5, 5.41) is 2.15. The van der Waals surface area contributed by atoms with Crippen LogP contribution in [0.3, 0.4) is 0 Å². The largest absolute Gasteiger partial charge is 0.482 e. The van der Waals surface area contributed by atoms with Crippen LogP contribution in [0.5, 0.6) is 5.75 Å². The van der Waals surface area contributed by atoms with Crippen LogP contribution in [-0.2, 0) is 11.0 Å². The molecule has 0 fully saturated rings. The van der Waals surface area contributed by atoms with Crippen LogP contribution in [0.25, 0.3) is 0 Å². The lowest BCUT2D eigenvalue weighted by Crippen LogP contribution is -2.27. The second kappa shape index (κ2) is 3.15. The molecule has 15 heavy (non-hydrogen) atoms. The highest BCUT2D eigenvalue weighted by molar-refractivity contribution is 5.96. The smallest absolute Gasteiger partial charge is 0.418 e. The number of nitrogens with one attached hydrogen (secondary N) is 1. The van der Waals surface area contributed by atoms with Gasteiger partial charge in [0.05, 0.1) is 11.3 Å². The van der Waals surface area contributed by atoms with Gasteiger partial charge in [-0.3, -0.25) is 4.79 Å². The number of para-hydroxylation sites is 1. The Morgan fingerprint density at radius 3 is 2.73 bits per heavy atom. The summed E-state index contributed by atoms with van der Waals surface area (Å²) in [5.41, 5.74) is -1.20. The van der Waals surface area contributed by atoms with E-state index in [1.165, 1.54) is 12.1 Å². The first-order valence-electron chi connectivity index (χ1n) is 4.11. The maximum absolute atomic E-state index is 12.5. The van der Waals surface area contributed by atoms with Crippen molar-refractivity contribution in [2.24, 2.45) is 0 Å². The van der Waals surface area contributed by atoms with Gasteiger partial charge in [-0.1, -0.05) is 6.07 Å². The molecule has 80 valence electrons. The van der Waals surface area contributed by atoms with E-state index in [1.54, 1.807) is 0 Å². The number of alkyl halides is 3. The number of carbonyl (C=O) groups is 1. The fraction of sp³-hybridized carbons (Fsp3) is 0.222. The van der Waals surface area contributed by atoms with Gasteiger partial charge in [-0.2, -0.15) is 13.2 Å². The second-order valence-electron chi connectivity index (χ2n) is 3.01. The summed E-state index contributed by atoms with van der Waals surface area (Å²) in [5.74, 6) is -0.538. The first kappa shape index (κ1) is 9.82. The predicted molar refractivity (Wildman–Crippen MR) is 45.6 cm³/mol. The molecule has 0 aromatic heterocycles. The van der Waals surface area contributed by atoms with Gasteiger partial charge in [0.25, 0.3) is 5.91 Å². The molecule has 1 aromatic rings. The molecule has 6 heteroatoms. The predicted octanol–water partition coefficient (Wildman–Crippen LogP) is 2.04. The third-order valence-electron chi connectivity index (χ3n) is 1.95. The molecule has 1 aliphatic heterocycles. The van der Waals surface area contributed by atoms with Crippen molar-refractivity contribution < 1.29 is 22.7 Å². The first-order valence-corrected chi connectivity index (χ1v) is 4.11. The summed E-state index contributed by atoms with van der Waals surface area (Å²) >= 11 is 0. The molecule has 0 atom stereocenters. The van der Waals surface area contributed by atoms with Crippen LogP contribution in [0.2, 0.25) is 0 Å². The van der Waals surface area contributed by atoms with Crippen LogP contribution >= 0.6 is 0 Å². The average molecular weight is 217 g/mol. The highest BCUT2D eigenvalue weighted by Crippen LogP contribution is 2.40. The lowest BCUT2D eigenvalue weighted by Gasteiger charge is -2.21. The third-order valence-corrected chi connectivity index (χ3v) is 1.95. The van der Waals surface area contributed by atoms with Crippen LogP contribution in [0.1, 0.15) is 5.56 Å². The Morgan fingerprint density at radius 2 is 2.07 bits per heavy atom. The SMILES string of the molecule is O=C1COc2cccc(C(F)(F)F)c2N1. The summed E-state index contributed by atoms with van der Waals surface area (Å²) in [6, 6.07) is 3.51. The van der Waals surface area contributed by atoms with Crippen molar-refractivity contribution in [1.29, 1.82) is 0 Å². The number of hydrogen-bond acceptors (Lipinski definition) is 2. The second-order valence-corrected chi connectivity index (χ2v) is 3.01. The molecule has 0 unspecified atom stereocenters. The summed E-state index contributed by atoms with van der Waals surface area (Å²) < 4.78 is 42.3. The van der Waals surface area contributed by atoms with E-state index in [-0.39, 0.29) is 18.0 Å². The minimum Gasteiger partial charge on any atom is -0.482 e. The quantitative estimate of drug-likeness (QED) is 0.722. The van der Waals surface area contributed by atoms with E-state index in [4.69, 9.17) is 4.74 Å². The number of ether oxygens (including phenoxy) is 1. The average Bonchev–Trinajstić information content (AvgIpc) is 2.15. The normalized spacial score (nSPS) is 15.3. The van der Waals surface area contributed by atoms with Gasteiger partial charge in [0.2, 0.25) is 0 Å². The molecular weight excluding hydrogens is 211 g/mol. The number of rotatable bonds is 0. The molecule has 0 saturated heterocycles. The maximum atomic E-state index is 12.5. The molecule has 0 aliphatic carbocycles. The summed E-state index contributed by atoms with van der Waals surface area (Å²) in [4.78, 5) is 10.9. The number of anilines is 1. The van der Waals surface area contributed by atoms with Gasteiger partial charge >= 0.3 is 6.18 Å². The topological polar surface area (TPSA) is 38.3 Å². The van der Waals surface area contributed by atoms with Crippen LogP contribution in [0.4, 0.5) is 18.9 Å². The zero-order chi connectivity index (χ0) is 11.1. The molecule has 1 N–H and O–H groups in total. The number of carbonyl (C=O) groups excluding carboxylic acids is 1. The van der Waals surface area contributed by atoms with Crippen LogP contribution < -0.4 is 10.1 Å². The van der Waals surface area contributed by atoms with E-state index in [0.29, 0.717) is 0 Å². The van der Waals surface area contributed by atoms with Crippen LogP contribution in [-0.4, -0.2) is 12.5 Å². The first-order chi connectivity index (χ1) is 6.98. The van der Waals surface area contributed by atoms with Crippen molar-refractivity contribution in [3.8, 4) is 5.75 Å². The minimum atomic E-state index is -4.50. The fourth-order valence-electron chi connectivity index (χ4n) is 1.34. The number of benzene rings is 1. The standard InChI is InChI=1S/C9H6F3NO2/c10-9(11,12)5-2-1-3-6-8(5)13-7(14)4-15-6/h1-3H,4H2,(H,13,14). The molecule has 0 bridgehead atoms. The van der Waals surface area contributed by atoms with E-state index >= 15 is 0 Å². The molecule has 3 nitrogen and oxygen atoms in total. The Balaban J connectivity index is 2.53. The fourth-order valence-corrected chi connectivity index (χ4v) is 1.34. The number of fused-ring (bicyclic) bond motifs is 1. The Bertz CT molecular complexity index is 414. The van der Waals surface area contributed by atoms with Gasteiger partial charge in [-0.25, -0.2) is 0 Å². The molecule has 1 amide bonds. The monoisotopic (exact) mass is 217 g/mol. The minimum absolute atomic E-state index is 0.0458. The van der Waals surface area contributed by atoms with Gasteiger partial charge in [0.15, 0.2) is 6.61 Å². The van der Waals surface area contributed by atoms with Crippen molar-refractivity contribution in [1.82, 2.24) is 0 Å². The van der Waals surface area contributed by atoms with Gasteiger partial charge in [-0.05, 0) is 12.1 Å².